The molecule has 6 rings (SSSR count). The van der Waals surface area contributed by atoms with E-state index in [-0.39, 0.29) is 10.8 Å². The van der Waals surface area contributed by atoms with E-state index in [0.717, 1.165) is 13.1 Å². The monoisotopic (exact) mass is 409 g/mol. The van der Waals surface area contributed by atoms with Crippen molar-refractivity contribution in [3.63, 3.8) is 0 Å². The smallest absolute Gasteiger partial charge is 0.209 e. The van der Waals surface area contributed by atoms with Crippen LogP contribution in [0.5, 0.6) is 0 Å². The van der Waals surface area contributed by atoms with Crippen LogP contribution in [0.1, 0.15) is 64.5 Å². The average Bonchev–Trinajstić information content (AvgIpc) is 3.16. The van der Waals surface area contributed by atoms with Crippen molar-refractivity contribution in [3.8, 4) is 0 Å². The summed E-state index contributed by atoms with van der Waals surface area (Å²) < 4.78 is 2.62. The first-order chi connectivity index (χ1) is 14.9. The lowest BCUT2D eigenvalue weighted by molar-refractivity contribution is -0.441. The summed E-state index contributed by atoms with van der Waals surface area (Å²) in [6.07, 6.45) is 7.44. The molecule has 4 aliphatic heterocycles. The van der Waals surface area contributed by atoms with Crippen molar-refractivity contribution < 1.29 is 4.58 Å². The molecule has 4 heterocycles. The molecule has 158 valence electrons. The van der Waals surface area contributed by atoms with E-state index in [1.54, 1.807) is 22.6 Å². The van der Waals surface area contributed by atoms with Gasteiger partial charge in [-0.05, 0) is 56.4 Å². The molecule has 0 saturated carbocycles. The van der Waals surface area contributed by atoms with Crippen LogP contribution in [-0.2, 0) is 10.8 Å². The first-order valence-corrected chi connectivity index (χ1v) is 12.0. The fourth-order valence-corrected chi connectivity index (χ4v) is 6.84. The van der Waals surface area contributed by atoms with E-state index in [0.29, 0.717) is 0 Å². The summed E-state index contributed by atoms with van der Waals surface area (Å²) in [6.45, 7) is 12.0. The van der Waals surface area contributed by atoms with Gasteiger partial charge in [-0.2, -0.15) is 4.58 Å². The number of hydrogen-bond donors (Lipinski definition) is 0. The van der Waals surface area contributed by atoms with E-state index in [1.165, 1.54) is 48.2 Å². The predicted molar refractivity (Wildman–Crippen MR) is 130 cm³/mol. The van der Waals surface area contributed by atoms with Crippen molar-refractivity contribution in [2.24, 2.45) is 0 Å². The minimum absolute atomic E-state index is 0.0661. The molecule has 0 amide bonds. The van der Waals surface area contributed by atoms with Gasteiger partial charge in [0.15, 0.2) is 5.71 Å². The van der Waals surface area contributed by atoms with Gasteiger partial charge in [-0.3, -0.25) is 0 Å². The fourth-order valence-electron chi connectivity index (χ4n) is 6.84. The average molecular weight is 410 g/mol. The molecule has 0 unspecified atom stereocenters. The number of allylic oxidation sites excluding steroid dienone is 4. The van der Waals surface area contributed by atoms with Gasteiger partial charge in [0.05, 0.1) is 5.41 Å². The third-order valence-electron chi connectivity index (χ3n) is 8.07. The topological polar surface area (TPSA) is 6.25 Å². The van der Waals surface area contributed by atoms with Crippen LogP contribution in [0.25, 0.3) is 0 Å². The number of hydrogen-bond acceptors (Lipinski definition) is 1. The number of rotatable bonds is 1. The van der Waals surface area contributed by atoms with Crippen molar-refractivity contribution in [2.45, 2.75) is 64.2 Å². The van der Waals surface area contributed by atoms with Crippen LogP contribution < -0.4 is 4.90 Å². The Kier molecular flexibility index (Phi) is 3.97. The highest BCUT2D eigenvalue weighted by Gasteiger charge is 2.49. The molecular formula is C29H33N2+. The zero-order valence-corrected chi connectivity index (χ0v) is 19.3. The molecule has 0 bridgehead atoms. The molecule has 0 N–H and O–H groups in total. The third-order valence-corrected chi connectivity index (χ3v) is 8.07. The molecule has 0 aromatic heterocycles. The van der Waals surface area contributed by atoms with E-state index < -0.39 is 0 Å². The largest absolute Gasteiger partial charge is 0.344 e. The molecule has 0 spiro atoms. The molecule has 2 nitrogen and oxygen atoms in total. The Labute approximate surface area is 186 Å². The van der Waals surface area contributed by atoms with Gasteiger partial charge in [0, 0.05) is 47.0 Å². The minimum atomic E-state index is 0.0661. The molecule has 0 atom stereocenters. The van der Waals surface area contributed by atoms with Crippen molar-refractivity contribution in [3.05, 3.63) is 82.6 Å². The van der Waals surface area contributed by atoms with Gasteiger partial charge in [-0.15, -0.1) is 0 Å². The molecule has 0 fully saturated rings. The van der Waals surface area contributed by atoms with Crippen LogP contribution in [0, 0.1) is 0 Å². The number of para-hydroxylation sites is 2. The van der Waals surface area contributed by atoms with E-state index in [9.17, 15) is 0 Å². The summed E-state index contributed by atoms with van der Waals surface area (Å²) >= 11 is 0. The Bertz CT molecular complexity index is 1190. The van der Waals surface area contributed by atoms with Crippen LogP contribution in [0.4, 0.5) is 11.4 Å². The third kappa shape index (κ3) is 2.54. The van der Waals surface area contributed by atoms with E-state index in [1.807, 2.05) is 0 Å². The zero-order valence-electron chi connectivity index (χ0n) is 19.3. The number of benzene rings is 2. The second-order valence-corrected chi connectivity index (χ2v) is 10.7. The molecule has 0 aliphatic carbocycles. The summed E-state index contributed by atoms with van der Waals surface area (Å²) in [7, 11) is 0. The molecule has 4 aliphatic rings. The molecule has 0 saturated heterocycles. The van der Waals surface area contributed by atoms with Crippen LogP contribution >= 0.6 is 0 Å². The maximum absolute atomic E-state index is 2.62. The minimum Gasteiger partial charge on any atom is -0.344 e. The van der Waals surface area contributed by atoms with Gasteiger partial charge in [-0.25, -0.2) is 0 Å². The standard InChI is InChI=1S/C29H33N2/c1-28(2)22-13-5-7-15-24(22)30-17-9-11-20(26(28)30)19-21-12-10-18-31-25-16-8-6-14-23(25)29(3,4)27(21)31/h5-8,13-16,19H,9-12,17-18H2,1-4H3/q+1. The van der Waals surface area contributed by atoms with Crippen molar-refractivity contribution in [1.29, 1.82) is 0 Å². The lowest BCUT2D eigenvalue weighted by atomic mass is 9.76. The van der Waals surface area contributed by atoms with Crippen molar-refractivity contribution >= 4 is 17.1 Å². The van der Waals surface area contributed by atoms with Crippen molar-refractivity contribution in [1.82, 2.24) is 0 Å². The maximum atomic E-state index is 2.62. The highest BCUT2D eigenvalue weighted by atomic mass is 15.2. The Balaban J connectivity index is 1.53. The Hall–Kier alpha value is -2.61. The molecular weight excluding hydrogens is 376 g/mol. The van der Waals surface area contributed by atoms with E-state index in [4.69, 9.17) is 0 Å². The molecule has 2 aromatic rings. The van der Waals surface area contributed by atoms with Gasteiger partial charge in [0.25, 0.3) is 0 Å². The Morgan fingerprint density at radius 1 is 0.839 bits per heavy atom. The van der Waals surface area contributed by atoms with Gasteiger partial charge in [-0.1, -0.05) is 50.2 Å². The first-order valence-electron chi connectivity index (χ1n) is 12.0. The predicted octanol–water partition coefficient (Wildman–Crippen LogP) is 6.63. The summed E-state index contributed by atoms with van der Waals surface area (Å²) in [6, 6.07) is 18.1. The number of fused-ring (bicyclic) bond motifs is 5. The number of anilines is 1. The van der Waals surface area contributed by atoms with Crippen LogP contribution in [0.15, 0.2) is 71.5 Å². The highest BCUT2D eigenvalue weighted by Crippen LogP contribution is 2.51. The zero-order chi connectivity index (χ0) is 21.4. The second-order valence-electron chi connectivity index (χ2n) is 10.7. The molecule has 2 heteroatoms. The quantitative estimate of drug-likeness (QED) is 0.479. The molecule has 2 aromatic carbocycles. The van der Waals surface area contributed by atoms with Crippen molar-refractivity contribution in [2.75, 3.05) is 18.0 Å². The number of nitrogens with zero attached hydrogens (tertiary/aromatic N) is 2. The lowest BCUT2D eigenvalue weighted by Crippen LogP contribution is -2.35. The van der Waals surface area contributed by atoms with E-state index in [2.05, 4.69) is 91.8 Å². The normalized spacial score (nSPS) is 24.3. The van der Waals surface area contributed by atoms with Crippen LogP contribution in [-0.4, -0.2) is 23.4 Å². The van der Waals surface area contributed by atoms with Gasteiger partial charge >= 0.3 is 0 Å². The Morgan fingerprint density at radius 3 is 2.42 bits per heavy atom. The SMILES string of the molecule is CC1(C)C2=C(C=C3CCC[N+]4=C3C(C)(C)c3ccccc34)CCCN2c2ccccc21. The second kappa shape index (κ2) is 6.45. The molecule has 31 heavy (non-hydrogen) atoms. The van der Waals surface area contributed by atoms with Crippen LogP contribution in [0.2, 0.25) is 0 Å². The Morgan fingerprint density at radius 2 is 1.58 bits per heavy atom. The van der Waals surface area contributed by atoms with Gasteiger partial charge in [0.2, 0.25) is 5.69 Å². The van der Waals surface area contributed by atoms with Gasteiger partial charge in [0.1, 0.15) is 6.54 Å². The summed E-state index contributed by atoms with van der Waals surface area (Å²) in [5.41, 5.74) is 12.1. The van der Waals surface area contributed by atoms with Crippen LogP contribution in [0.3, 0.4) is 0 Å². The summed E-state index contributed by atoms with van der Waals surface area (Å²) in [5.74, 6) is 0. The molecule has 0 radical (unpaired) electrons. The van der Waals surface area contributed by atoms with E-state index >= 15 is 0 Å². The summed E-state index contributed by atoms with van der Waals surface area (Å²) in [5, 5.41) is 0. The summed E-state index contributed by atoms with van der Waals surface area (Å²) in [4.78, 5) is 2.62. The highest BCUT2D eigenvalue weighted by molar-refractivity contribution is 6.07. The van der Waals surface area contributed by atoms with Gasteiger partial charge < -0.3 is 4.90 Å². The fraction of sp³-hybridized carbons (Fsp3) is 0.414. The first kappa shape index (κ1) is 19.1. The lowest BCUT2D eigenvalue weighted by Gasteiger charge is -2.34. The maximum Gasteiger partial charge on any atom is 0.209 e.